The van der Waals surface area contributed by atoms with Gasteiger partial charge in [-0.15, -0.1) is 0 Å². The van der Waals surface area contributed by atoms with Crippen molar-refractivity contribution in [1.29, 1.82) is 0 Å². The van der Waals surface area contributed by atoms with Gasteiger partial charge in [0.15, 0.2) is 9.84 Å². The first-order valence-corrected chi connectivity index (χ1v) is 9.34. The highest BCUT2D eigenvalue weighted by Crippen LogP contribution is 2.29. The Hall–Kier alpha value is -2.35. The van der Waals surface area contributed by atoms with Crippen LogP contribution in [0.4, 0.5) is 13.2 Å². The SMILES string of the molecule is Cc1ccc(S(=O)(=O)CCC(=O)OCc2ccc(C(F)(F)F)cc2)cc1. The molecule has 0 fully saturated rings. The number of carbonyl (C=O) groups is 1. The third-order valence-electron chi connectivity index (χ3n) is 3.64. The quantitative estimate of drug-likeness (QED) is 0.706. The number of hydrogen-bond acceptors (Lipinski definition) is 4. The van der Waals surface area contributed by atoms with Crippen molar-refractivity contribution in [2.45, 2.75) is 31.0 Å². The van der Waals surface area contributed by atoms with Gasteiger partial charge in [-0.05, 0) is 36.8 Å². The molecule has 2 aromatic carbocycles. The molecule has 2 aromatic rings. The zero-order valence-electron chi connectivity index (χ0n) is 13.9. The van der Waals surface area contributed by atoms with Crippen LogP contribution in [0.5, 0.6) is 0 Å². The fourth-order valence-electron chi connectivity index (χ4n) is 2.11. The molecular weight excluding hydrogens is 369 g/mol. The summed E-state index contributed by atoms with van der Waals surface area (Å²) in [4.78, 5) is 11.8. The molecule has 0 saturated carbocycles. The summed E-state index contributed by atoms with van der Waals surface area (Å²) in [6.45, 7) is 1.61. The third-order valence-corrected chi connectivity index (χ3v) is 5.37. The topological polar surface area (TPSA) is 60.4 Å². The van der Waals surface area contributed by atoms with Crippen LogP contribution < -0.4 is 0 Å². The number of ether oxygens (including phenoxy) is 1. The molecule has 0 aliphatic carbocycles. The van der Waals surface area contributed by atoms with Crippen LogP contribution >= 0.6 is 0 Å². The van der Waals surface area contributed by atoms with E-state index in [0.717, 1.165) is 17.7 Å². The Balaban J connectivity index is 1.86. The van der Waals surface area contributed by atoms with Crippen molar-refractivity contribution in [3.05, 3.63) is 65.2 Å². The van der Waals surface area contributed by atoms with Gasteiger partial charge in [0.2, 0.25) is 0 Å². The van der Waals surface area contributed by atoms with Gasteiger partial charge in [0, 0.05) is 0 Å². The second-order valence-electron chi connectivity index (χ2n) is 5.74. The maximum atomic E-state index is 12.5. The van der Waals surface area contributed by atoms with E-state index in [1.54, 1.807) is 12.1 Å². The first-order valence-electron chi connectivity index (χ1n) is 7.69. The number of esters is 1. The molecule has 0 aromatic heterocycles. The predicted octanol–water partition coefficient (Wildman–Crippen LogP) is 3.92. The van der Waals surface area contributed by atoms with Gasteiger partial charge >= 0.3 is 12.1 Å². The zero-order valence-corrected chi connectivity index (χ0v) is 14.7. The minimum Gasteiger partial charge on any atom is -0.461 e. The molecule has 0 amide bonds. The minimum atomic E-state index is -4.43. The van der Waals surface area contributed by atoms with Crippen LogP contribution in [0.1, 0.15) is 23.1 Å². The van der Waals surface area contributed by atoms with E-state index in [1.807, 2.05) is 6.92 Å². The molecule has 0 spiro atoms. The van der Waals surface area contributed by atoms with E-state index < -0.39 is 33.3 Å². The molecule has 140 valence electrons. The lowest BCUT2D eigenvalue weighted by Gasteiger charge is -2.09. The van der Waals surface area contributed by atoms with E-state index in [-0.39, 0.29) is 17.9 Å². The lowest BCUT2D eigenvalue weighted by molar-refractivity contribution is -0.144. The summed E-state index contributed by atoms with van der Waals surface area (Å²) in [6.07, 6.45) is -4.77. The maximum Gasteiger partial charge on any atom is 0.416 e. The van der Waals surface area contributed by atoms with Crippen molar-refractivity contribution in [2.24, 2.45) is 0 Å². The van der Waals surface area contributed by atoms with Gasteiger partial charge < -0.3 is 4.74 Å². The molecule has 0 unspecified atom stereocenters. The van der Waals surface area contributed by atoms with Crippen LogP contribution in [0.25, 0.3) is 0 Å². The second kappa shape index (κ2) is 7.90. The first-order chi connectivity index (χ1) is 12.1. The van der Waals surface area contributed by atoms with E-state index in [2.05, 4.69) is 0 Å². The molecule has 8 heteroatoms. The largest absolute Gasteiger partial charge is 0.461 e. The Bertz CT molecular complexity index is 855. The van der Waals surface area contributed by atoms with Gasteiger partial charge in [0.1, 0.15) is 6.61 Å². The predicted molar refractivity (Wildman–Crippen MR) is 89.1 cm³/mol. The molecule has 0 bridgehead atoms. The van der Waals surface area contributed by atoms with Gasteiger partial charge in [-0.25, -0.2) is 8.42 Å². The Labute approximate surface area is 149 Å². The zero-order chi connectivity index (χ0) is 19.4. The normalized spacial score (nSPS) is 12.0. The number of halogens is 3. The fourth-order valence-corrected chi connectivity index (χ4v) is 3.33. The lowest BCUT2D eigenvalue weighted by Crippen LogP contribution is -2.13. The fraction of sp³-hybridized carbons (Fsp3) is 0.278. The molecule has 0 aliphatic heterocycles. The molecule has 0 aliphatic rings. The van der Waals surface area contributed by atoms with Crippen LogP contribution in [0.2, 0.25) is 0 Å². The van der Waals surface area contributed by atoms with Crippen LogP contribution in [0, 0.1) is 6.92 Å². The van der Waals surface area contributed by atoms with Gasteiger partial charge in [-0.2, -0.15) is 13.2 Å². The van der Waals surface area contributed by atoms with Gasteiger partial charge in [-0.3, -0.25) is 4.79 Å². The number of rotatable bonds is 6. The molecule has 2 rings (SSSR count). The molecule has 0 heterocycles. The molecule has 4 nitrogen and oxygen atoms in total. The number of hydrogen-bond donors (Lipinski definition) is 0. The van der Waals surface area contributed by atoms with Gasteiger partial charge in [0.25, 0.3) is 0 Å². The first kappa shape index (κ1) is 20.0. The minimum absolute atomic E-state index is 0.124. The highest BCUT2D eigenvalue weighted by molar-refractivity contribution is 7.91. The van der Waals surface area contributed by atoms with Crippen molar-refractivity contribution < 1.29 is 31.1 Å². The molecule has 0 radical (unpaired) electrons. The van der Waals surface area contributed by atoms with Crippen molar-refractivity contribution in [3.63, 3.8) is 0 Å². The monoisotopic (exact) mass is 386 g/mol. The Kier molecular flexibility index (Phi) is 6.07. The van der Waals surface area contributed by atoms with Crippen LogP contribution in [-0.2, 0) is 32.2 Å². The van der Waals surface area contributed by atoms with Crippen molar-refractivity contribution in [1.82, 2.24) is 0 Å². The second-order valence-corrected chi connectivity index (χ2v) is 7.85. The maximum absolute atomic E-state index is 12.5. The summed E-state index contributed by atoms with van der Waals surface area (Å²) in [5, 5.41) is 0. The van der Waals surface area contributed by atoms with Gasteiger partial charge in [0.05, 0.1) is 22.6 Å². The summed E-state index contributed by atoms with van der Waals surface area (Å²) in [5.41, 5.74) is 0.504. The molecule has 26 heavy (non-hydrogen) atoms. The van der Waals surface area contributed by atoms with Gasteiger partial charge in [-0.1, -0.05) is 29.8 Å². The number of carbonyl (C=O) groups excluding carboxylic acids is 1. The van der Waals surface area contributed by atoms with Crippen molar-refractivity contribution >= 4 is 15.8 Å². The Morgan fingerprint density at radius 1 is 1.00 bits per heavy atom. The lowest BCUT2D eigenvalue weighted by atomic mass is 10.1. The highest BCUT2D eigenvalue weighted by Gasteiger charge is 2.29. The van der Waals surface area contributed by atoms with Crippen LogP contribution in [0.3, 0.4) is 0 Å². The molecule has 0 N–H and O–H groups in total. The molecular formula is C18H17F3O4S. The summed E-state index contributed by atoms with van der Waals surface area (Å²) in [5.74, 6) is -1.14. The molecule has 0 atom stereocenters. The smallest absolute Gasteiger partial charge is 0.416 e. The van der Waals surface area contributed by atoms with Crippen molar-refractivity contribution in [3.8, 4) is 0 Å². The Morgan fingerprint density at radius 3 is 2.12 bits per heavy atom. The molecule has 0 saturated heterocycles. The standard InChI is InChI=1S/C18H17F3O4S/c1-13-2-8-16(9-3-13)26(23,24)11-10-17(22)25-12-14-4-6-15(7-5-14)18(19,20)21/h2-9H,10-12H2,1H3. The van der Waals surface area contributed by atoms with E-state index in [0.29, 0.717) is 5.56 Å². The number of alkyl halides is 3. The average Bonchev–Trinajstić information content (AvgIpc) is 2.58. The number of sulfone groups is 1. The van der Waals surface area contributed by atoms with E-state index >= 15 is 0 Å². The average molecular weight is 386 g/mol. The summed E-state index contributed by atoms with van der Waals surface area (Å²) >= 11 is 0. The van der Waals surface area contributed by atoms with E-state index in [9.17, 15) is 26.4 Å². The van der Waals surface area contributed by atoms with Crippen LogP contribution in [-0.4, -0.2) is 20.1 Å². The van der Waals surface area contributed by atoms with Crippen LogP contribution in [0.15, 0.2) is 53.4 Å². The van der Waals surface area contributed by atoms with Crippen molar-refractivity contribution in [2.75, 3.05) is 5.75 Å². The Morgan fingerprint density at radius 2 is 1.58 bits per heavy atom. The van der Waals surface area contributed by atoms with E-state index in [4.69, 9.17) is 4.74 Å². The highest BCUT2D eigenvalue weighted by atomic mass is 32.2. The van der Waals surface area contributed by atoms with E-state index in [1.165, 1.54) is 24.3 Å². The summed E-state index contributed by atoms with van der Waals surface area (Å²) in [6, 6.07) is 10.5. The third kappa shape index (κ3) is 5.59. The summed E-state index contributed by atoms with van der Waals surface area (Å²) in [7, 11) is -3.60. The number of benzene rings is 2. The summed E-state index contributed by atoms with van der Waals surface area (Å²) < 4.78 is 66.6. The number of aryl methyl sites for hydroxylation is 1.